The van der Waals surface area contributed by atoms with Gasteiger partial charge in [-0.1, -0.05) is 148 Å². The van der Waals surface area contributed by atoms with Crippen molar-refractivity contribution >= 4 is 0 Å². The van der Waals surface area contributed by atoms with Crippen molar-refractivity contribution in [2.75, 3.05) is 19.6 Å². The predicted molar refractivity (Wildman–Crippen MR) is 164 cm³/mol. The third-order valence-corrected chi connectivity index (χ3v) is 7.78. The molecule has 1 atom stereocenters. The molecule has 3 heteroatoms. The molecule has 0 aliphatic rings. The van der Waals surface area contributed by atoms with Crippen LogP contribution in [0.1, 0.15) is 174 Å². The molecule has 0 spiro atoms. The van der Waals surface area contributed by atoms with Crippen molar-refractivity contribution in [2.24, 2.45) is 17.4 Å². The highest BCUT2D eigenvalue weighted by molar-refractivity contribution is 4.79. The Kier molecular flexibility index (Phi) is 32.0. The van der Waals surface area contributed by atoms with Crippen LogP contribution in [0.15, 0.2) is 12.3 Å². The number of nitrogens with one attached hydrogen (secondary N) is 1. The van der Waals surface area contributed by atoms with Gasteiger partial charge in [0.25, 0.3) is 0 Å². The highest BCUT2D eigenvalue weighted by Gasteiger charge is 2.08. The van der Waals surface area contributed by atoms with Gasteiger partial charge in [0.1, 0.15) is 0 Å². The van der Waals surface area contributed by atoms with Crippen LogP contribution >= 0.6 is 0 Å². The molecule has 0 saturated carbocycles. The molecule has 1 unspecified atom stereocenters. The minimum atomic E-state index is 0.861. The van der Waals surface area contributed by atoms with E-state index in [4.69, 9.17) is 11.5 Å². The Bertz CT molecular complexity index is 410. The predicted octanol–water partition coefficient (Wildman–Crippen LogP) is 9.79. The van der Waals surface area contributed by atoms with Gasteiger partial charge in [0, 0.05) is 6.54 Å². The zero-order valence-corrected chi connectivity index (χ0v) is 24.9. The van der Waals surface area contributed by atoms with E-state index >= 15 is 0 Å². The SMILES string of the molecule is CCCCCCCCC=CNCCCCCCCC(CCCCCCCN)CCCCCCCCN. The van der Waals surface area contributed by atoms with E-state index in [9.17, 15) is 0 Å². The summed E-state index contributed by atoms with van der Waals surface area (Å²) in [6.45, 7) is 5.15. The average molecular weight is 508 g/mol. The number of rotatable bonds is 31. The summed E-state index contributed by atoms with van der Waals surface area (Å²) in [5.74, 6) is 0.974. The van der Waals surface area contributed by atoms with E-state index in [2.05, 4.69) is 24.5 Å². The molecule has 0 aromatic heterocycles. The second-order valence-corrected chi connectivity index (χ2v) is 11.4. The van der Waals surface area contributed by atoms with Crippen LogP contribution in [0.25, 0.3) is 0 Å². The minimum absolute atomic E-state index is 0.861. The van der Waals surface area contributed by atoms with Crippen LogP contribution in [-0.4, -0.2) is 19.6 Å². The molecule has 5 N–H and O–H groups in total. The lowest BCUT2D eigenvalue weighted by atomic mass is 9.89. The van der Waals surface area contributed by atoms with Gasteiger partial charge in [-0.15, -0.1) is 0 Å². The minimum Gasteiger partial charge on any atom is -0.391 e. The van der Waals surface area contributed by atoms with E-state index in [1.165, 1.54) is 167 Å². The molecule has 0 heterocycles. The molecule has 36 heavy (non-hydrogen) atoms. The molecule has 0 rings (SSSR count). The van der Waals surface area contributed by atoms with Gasteiger partial charge in [-0.2, -0.15) is 0 Å². The number of hydrogen-bond acceptors (Lipinski definition) is 3. The molecule has 0 radical (unpaired) electrons. The van der Waals surface area contributed by atoms with Gasteiger partial charge >= 0.3 is 0 Å². The molecule has 0 saturated heterocycles. The van der Waals surface area contributed by atoms with Crippen molar-refractivity contribution in [1.29, 1.82) is 0 Å². The first-order chi connectivity index (χ1) is 17.8. The number of unbranched alkanes of at least 4 members (excludes halogenated alkanes) is 19. The third kappa shape index (κ3) is 29.7. The molecule has 216 valence electrons. The molecule has 0 bridgehead atoms. The van der Waals surface area contributed by atoms with Gasteiger partial charge in [-0.25, -0.2) is 0 Å². The highest BCUT2D eigenvalue weighted by atomic mass is 14.8. The summed E-state index contributed by atoms with van der Waals surface area (Å²) in [7, 11) is 0. The first-order valence-corrected chi connectivity index (χ1v) is 16.6. The van der Waals surface area contributed by atoms with Gasteiger partial charge < -0.3 is 16.8 Å². The van der Waals surface area contributed by atoms with E-state index in [1.807, 2.05) is 0 Å². The summed E-state index contributed by atoms with van der Waals surface area (Å²) in [6.07, 6.45) is 40.5. The smallest absolute Gasteiger partial charge is 0.0141 e. The van der Waals surface area contributed by atoms with E-state index in [0.29, 0.717) is 0 Å². The maximum absolute atomic E-state index is 5.64. The largest absolute Gasteiger partial charge is 0.391 e. The first-order valence-electron chi connectivity index (χ1n) is 16.6. The van der Waals surface area contributed by atoms with Gasteiger partial charge in [0.05, 0.1) is 0 Å². The molecular weight excluding hydrogens is 438 g/mol. The van der Waals surface area contributed by atoms with Crippen LogP contribution in [-0.2, 0) is 0 Å². The average Bonchev–Trinajstić information content (AvgIpc) is 2.89. The van der Waals surface area contributed by atoms with Crippen molar-refractivity contribution in [3.63, 3.8) is 0 Å². The van der Waals surface area contributed by atoms with Crippen LogP contribution in [0, 0.1) is 5.92 Å². The second kappa shape index (κ2) is 32.5. The van der Waals surface area contributed by atoms with Crippen molar-refractivity contribution < 1.29 is 0 Å². The van der Waals surface area contributed by atoms with E-state index < -0.39 is 0 Å². The van der Waals surface area contributed by atoms with E-state index in [0.717, 1.165) is 25.6 Å². The lowest BCUT2D eigenvalue weighted by molar-refractivity contribution is 0.366. The Morgan fingerprint density at radius 3 is 1.42 bits per heavy atom. The van der Waals surface area contributed by atoms with Crippen molar-refractivity contribution in [3.05, 3.63) is 12.3 Å². The molecule has 0 aromatic carbocycles. The molecule has 0 aliphatic carbocycles. The fraction of sp³-hybridized carbons (Fsp3) is 0.939. The summed E-state index contributed by atoms with van der Waals surface area (Å²) in [6, 6.07) is 0. The van der Waals surface area contributed by atoms with Gasteiger partial charge in [0.15, 0.2) is 0 Å². The topological polar surface area (TPSA) is 64.1 Å². The fourth-order valence-corrected chi connectivity index (χ4v) is 5.31. The van der Waals surface area contributed by atoms with Crippen LogP contribution < -0.4 is 16.8 Å². The lowest BCUT2D eigenvalue weighted by Crippen LogP contribution is -2.06. The van der Waals surface area contributed by atoms with Crippen molar-refractivity contribution in [1.82, 2.24) is 5.32 Å². The second-order valence-electron chi connectivity index (χ2n) is 11.4. The van der Waals surface area contributed by atoms with Crippen LogP contribution in [0.5, 0.6) is 0 Å². The molecule has 0 aliphatic heterocycles. The molecule has 3 nitrogen and oxygen atoms in total. The summed E-state index contributed by atoms with van der Waals surface area (Å²) in [4.78, 5) is 0. The van der Waals surface area contributed by atoms with E-state index in [1.54, 1.807) is 0 Å². The van der Waals surface area contributed by atoms with E-state index in [-0.39, 0.29) is 0 Å². The zero-order valence-electron chi connectivity index (χ0n) is 24.9. The Labute approximate surface area is 228 Å². The van der Waals surface area contributed by atoms with Gasteiger partial charge in [0.2, 0.25) is 0 Å². The monoisotopic (exact) mass is 508 g/mol. The molecular formula is C33H69N3. The Hall–Kier alpha value is -0.540. The van der Waals surface area contributed by atoms with Gasteiger partial charge in [-0.3, -0.25) is 0 Å². The maximum atomic E-state index is 5.64. The summed E-state index contributed by atoms with van der Waals surface area (Å²) < 4.78 is 0. The molecule has 0 fully saturated rings. The normalized spacial score (nSPS) is 12.5. The zero-order chi connectivity index (χ0) is 26.2. The third-order valence-electron chi connectivity index (χ3n) is 7.78. The number of hydrogen-bond donors (Lipinski definition) is 3. The quantitative estimate of drug-likeness (QED) is 0.0818. The first kappa shape index (κ1) is 35.5. The standard InChI is InChI=1S/C33H69N3/c1-2-3-4-5-6-9-17-24-31-36-32-25-18-11-14-21-28-33(27-20-13-10-16-23-30-35)26-19-12-7-8-15-22-29-34/h24,31,33,36H,2-23,25-30,32,34-35H2,1H3. The van der Waals surface area contributed by atoms with Gasteiger partial charge in [-0.05, 0) is 57.3 Å². The summed E-state index contributed by atoms with van der Waals surface area (Å²) >= 11 is 0. The van der Waals surface area contributed by atoms with Crippen LogP contribution in [0.2, 0.25) is 0 Å². The Balaban J connectivity index is 3.72. The van der Waals surface area contributed by atoms with Crippen LogP contribution in [0.3, 0.4) is 0 Å². The lowest BCUT2D eigenvalue weighted by Gasteiger charge is -2.17. The molecule has 0 amide bonds. The van der Waals surface area contributed by atoms with Crippen molar-refractivity contribution in [3.8, 4) is 0 Å². The van der Waals surface area contributed by atoms with Crippen molar-refractivity contribution in [2.45, 2.75) is 174 Å². The maximum Gasteiger partial charge on any atom is 0.0141 e. The van der Waals surface area contributed by atoms with Crippen LogP contribution in [0.4, 0.5) is 0 Å². The fourth-order valence-electron chi connectivity index (χ4n) is 5.31. The number of nitrogens with two attached hydrogens (primary N) is 2. The Morgan fingerprint density at radius 2 is 0.917 bits per heavy atom. The summed E-state index contributed by atoms with van der Waals surface area (Å²) in [5, 5.41) is 3.50. The summed E-state index contributed by atoms with van der Waals surface area (Å²) in [5.41, 5.74) is 11.3. The Morgan fingerprint density at radius 1 is 0.500 bits per heavy atom. The number of allylic oxidation sites excluding steroid dienone is 1. The molecule has 0 aromatic rings. The highest BCUT2D eigenvalue weighted by Crippen LogP contribution is 2.24.